The Morgan fingerprint density at radius 1 is 1.14 bits per heavy atom. The Balaban J connectivity index is 1.50. The number of thiophene rings is 1. The van der Waals surface area contributed by atoms with Gasteiger partial charge in [-0.05, 0) is 62.2 Å². The number of aryl methyl sites for hydroxylation is 1. The number of carbonyl (C=O) groups is 2. The monoisotopic (exact) mass is 397 g/mol. The third kappa shape index (κ3) is 3.71. The first-order valence-corrected chi connectivity index (χ1v) is 10.7. The maximum Gasteiger partial charge on any atom is 0.261 e. The fourth-order valence-corrected chi connectivity index (χ4v) is 4.82. The SMILES string of the molecule is Cc1ccc(C(=O)N[C@H]2CN(c3ccc4c(c3)CCN(C)CC4)C(=O)[C@@H]2C)s1. The minimum atomic E-state index is -0.227. The van der Waals surface area contributed by atoms with Crippen LogP contribution in [0.25, 0.3) is 0 Å². The molecule has 6 heteroatoms. The van der Waals surface area contributed by atoms with Crippen molar-refractivity contribution in [2.24, 2.45) is 5.92 Å². The number of nitrogens with zero attached hydrogens (tertiary/aromatic N) is 2. The normalized spacial score (nSPS) is 22.8. The van der Waals surface area contributed by atoms with E-state index in [0.717, 1.165) is 36.5 Å². The number of fused-ring (bicyclic) bond motifs is 1. The van der Waals surface area contributed by atoms with Crippen LogP contribution in [-0.4, -0.2) is 49.4 Å². The van der Waals surface area contributed by atoms with E-state index in [9.17, 15) is 9.59 Å². The molecule has 2 amide bonds. The maximum absolute atomic E-state index is 12.9. The zero-order valence-corrected chi connectivity index (χ0v) is 17.5. The third-order valence-corrected chi connectivity index (χ3v) is 6.95. The molecule has 28 heavy (non-hydrogen) atoms. The van der Waals surface area contributed by atoms with Crippen LogP contribution >= 0.6 is 11.3 Å². The first-order valence-electron chi connectivity index (χ1n) is 9.91. The van der Waals surface area contributed by atoms with Crippen LogP contribution in [0, 0.1) is 12.8 Å². The lowest BCUT2D eigenvalue weighted by molar-refractivity contribution is -0.120. The van der Waals surface area contributed by atoms with Gasteiger partial charge in [-0.2, -0.15) is 0 Å². The van der Waals surface area contributed by atoms with Crippen LogP contribution in [0.2, 0.25) is 0 Å². The highest BCUT2D eigenvalue weighted by atomic mass is 32.1. The van der Waals surface area contributed by atoms with E-state index in [0.29, 0.717) is 11.4 Å². The smallest absolute Gasteiger partial charge is 0.261 e. The van der Waals surface area contributed by atoms with E-state index < -0.39 is 0 Å². The van der Waals surface area contributed by atoms with Gasteiger partial charge in [-0.25, -0.2) is 0 Å². The van der Waals surface area contributed by atoms with Gasteiger partial charge in [0.2, 0.25) is 5.91 Å². The summed E-state index contributed by atoms with van der Waals surface area (Å²) in [4.78, 5) is 31.4. The average Bonchev–Trinajstić information content (AvgIpc) is 3.17. The van der Waals surface area contributed by atoms with E-state index in [1.54, 1.807) is 0 Å². The van der Waals surface area contributed by atoms with Crippen LogP contribution in [-0.2, 0) is 17.6 Å². The summed E-state index contributed by atoms with van der Waals surface area (Å²) in [5.41, 5.74) is 3.67. The van der Waals surface area contributed by atoms with Crippen LogP contribution in [0.1, 0.15) is 32.6 Å². The number of hydrogen-bond donors (Lipinski definition) is 1. The molecule has 2 aliphatic rings. The number of hydrogen-bond acceptors (Lipinski definition) is 4. The highest BCUT2D eigenvalue weighted by molar-refractivity contribution is 7.13. The molecule has 4 rings (SSSR count). The highest BCUT2D eigenvalue weighted by Gasteiger charge is 2.39. The van der Waals surface area contributed by atoms with E-state index in [-0.39, 0.29) is 23.8 Å². The Bertz CT molecular complexity index is 907. The molecular weight excluding hydrogens is 370 g/mol. The molecule has 3 heterocycles. The van der Waals surface area contributed by atoms with Gasteiger partial charge in [0.25, 0.3) is 5.91 Å². The van der Waals surface area contributed by atoms with Crippen LogP contribution < -0.4 is 10.2 Å². The molecule has 2 aliphatic heterocycles. The van der Waals surface area contributed by atoms with Crippen LogP contribution in [0.15, 0.2) is 30.3 Å². The predicted molar refractivity (Wildman–Crippen MR) is 113 cm³/mol. The van der Waals surface area contributed by atoms with E-state index in [1.807, 2.05) is 30.9 Å². The van der Waals surface area contributed by atoms with Gasteiger partial charge in [-0.1, -0.05) is 13.0 Å². The fraction of sp³-hybridized carbons (Fsp3) is 0.455. The molecule has 0 bridgehead atoms. The molecule has 1 aromatic heterocycles. The van der Waals surface area contributed by atoms with Crippen molar-refractivity contribution in [2.75, 3.05) is 31.6 Å². The van der Waals surface area contributed by atoms with E-state index in [1.165, 1.54) is 22.5 Å². The molecule has 2 aromatic rings. The van der Waals surface area contributed by atoms with Crippen molar-refractivity contribution in [3.8, 4) is 0 Å². The van der Waals surface area contributed by atoms with Gasteiger partial charge in [-0.15, -0.1) is 11.3 Å². The topological polar surface area (TPSA) is 52.7 Å². The fourth-order valence-electron chi connectivity index (χ4n) is 4.05. The number of amides is 2. The summed E-state index contributed by atoms with van der Waals surface area (Å²) < 4.78 is 0. The number of benzene rings is 1. The molecule has 1 N–H and O–H groups in total. The summed E-state index contributed by atoms with van der Waals surface area (Å²) in [6.45, 7) is 6.53. The molecule has 5 nitrogen and oxygen atoms in total. The van der Waals surface area contributed by atoms with E-state index >= 15 is 0 Å². The van der Waals surface area contributed by atoms with Gasteiger partial charge in [0, 0.05) is 30.2 Å². The molecule has 2 atom stereocenters. The van der Waals surface area contributed by atoms with Gasteiger partial charge in [0.1, 0.15) is 0 Å². The summed E-state index contributed by atoms with van der Waals surface area (Å²) in [5.74, 6) is -0.233. The Kier molecular flexibility index (Phi) is 5.25. The second-order valence-electron chi connectivity index (χ2n) is 7.98. The van der Waals surface area contributed by atoms with Gasteiger partial charge in [0.05, 0.1) is 16.8 Å². The summed E-state index contributed by atoms with van der Waals surface area (Å²) >= 11 is 1.48. The molecule has 0 spiro atoms. The number of carbonyl (C=O) groups excluding carboxylic acids is 2. The van der Waals surface area contributed by atoms with Crippen LogP contribution in [0.3, 0.4) is 0 Å². The quantitative estimate of drug-likeness (QED) is 0.867. The lowest BCUT2D eigenvalue weighted by Gasteiger charge is -2.19. The number of likely N-dealkylation sites (N-methyl/N-ethyl adjacent to an activating group) is 1. The summed E-state index contributed by atoms with van der Waals surface area (Å²) in [7, 11) is 2.15. The first kappa shape index (κ1) is 19.2. The summed E-state index contributed by atoms with van der Waals surface area (Å²) in [5, 5.41) is 3.07. The van der Waals surface area contributed by atoms with Crippen molar-refractivity contribution in [3.63, 3.8) is 0 Å². The average molecular weight is 398 g/mol. The molecule has 1 saturated heterocycles. The predicted octanol–water partition coefficient (Wildman–Crippen LogP) is 2.87. The van der Waals surface area contributed by atoms with Gasteiger partial charge >= 0.3 is 0 Å². The molecular formula is C22H27N3O2S. The lowest BCUT2D eigenvalue weighted by Crippen LogP contribution is -2.39. The van der Waals surface area contributed by atoms with Gasteiger partial charge in [0.15, 0.2) is 0 Å². The van der Waals surface area contributed by atoms with Crippen molar-refractivity contribution >= 4 is 28.8 Å². The maximum atomic E-state index is 12.9. The van der Waals surface area contributed by atoms with Crippen LogP contribution in [0.4, 0.5) is 5.69 Å². The Labute approximate surface area is 170 Å². The van der Waals surface area contributed by atoms with E-state index in [2.05, 4.69) is 35.5 Å². The van der Waals surface area contributed by atoms with E-state index in [4.69, 9.17) is 0 Å². The van der Waals surface area contributed by atoms with Gasteiger partial charge < -0.3 is 15.1 Å². The Morgan fingerprint density at radius 3 is 2.61 bits per heavy atom. The second-order valence-corrected chi connectivity index (χ2v) is 9.27. The van der Waals surface area contributed by atoms with Crippen molar-refractivity contribution in [1.29, 1.82) is 0 Å². The van der Waals surface area contributed by atoms with Crippen molar-refractivity contribution in [3.05, 3.63) is 51.2 Å². The van der Waals surface area contributed by atoms with Gasteiger partial charge in [-0.3, -0.25) is 9.59 Å². The molecule has 1 aromatic carbocycles. The molecule has 0 saturated carbocycles. The molecule has 148 valence electrons. The summed E-state index contributed by atoms with van der Waals surface area (Å²) in [6.07, 6.45) is 2.06. The zero-order valence-electron chi connectivity index (χ0n) is 16.7. The molecule has 0 unspecified atom stereocenters. The van der Waals surface area contributed by atoms with Crippen LogP contribution in [0.5, 0.6) is 0 Å². The molecule has 0 radical (unpaired) electrons. The Morgan fingerprint density at radius 2 is 1.89 bits per heavy atom. The molecule has 1 fully saturated rings. The Hall–Kier alpha value is -2.18. The standard InChI is InChI=1S/C22H27N3O2S/c1-14-4-7-20(28-14)21(26)23-19-13-25(22(27)15(19)2)18-6-5-16-8-10-24(3)11-9-17(16)12-18/h4-7,12,15,19H,8-11,13H2,1-3H3,(H,23,26)/t15-,19+/m1/s1. The minimum Gasteiger partial charge on any atom is -0.346 e. The molecule has 0 aliphatic carbocycles. The van der Waals surface area contributed by atoms with Crippen molar-refractivity contribution in [1.82, 2.24) is 10.2 Å². The summed E-state index contributed by atoms with van der Waals surface area (Å²) in [6, 6.07) is 10.0. The number of nitrogens with one attached hydrogen (secondary N) is 1. The van der Waals surface area contributed by atoms with Crippen molar-refractivity contribution < 1.29 is 9.59 Å². The first-order chi connectivity index (χ1) is 13.4. The van der Waals surface area contributed by atoms with Crippen molar-refractivity contribution in [2.45, 2.75) is 32.7 Å². The second kappa shape index (κ2) is 7.68. The lowest BCUT2D eigenvalue weighted by atomic mass is 10.0. The zero-order chi connectivity index (χ0) is 19.8. The third-order valence-electron chi connectivity index (χ3n) is 5.95. The largest absolute Gasteiger partial charge is 0.346 e. The highest BCUT2D eigenvalue weighted by Crippen LogP contribution is 2.29. The number of anilines is 1. The number of rotatable bonds is 3. The minimum absolute atomic E-state index is 0.0818.